The van der Waals surface area contributed by atoms with Crippen LogP contribution in [0.5, 0.6) is 0 Å². The van der Waals surface area contributed by atoms with Gasteiger partial charge in [0.1, 0.15) is 6.10 Å². The molecule has 1 N–H and O–H groups in total. The highest BCUT2D eigenvalue weighted by molar-refractivity contribution is 6.74. The molecule has 0 aromatic rings. The van der Waals surface area contributed by atoms with Gasteiger partial charge < -0.3 is 14.4 Å². The topological polar surface area (TPSA) is 49.8 Å². The van der Waals surface area contributed by atoms with E-state index >= 15 is 0 Å². The molecule has 1 aliphatic rings. The molecule has 0 bridgehead atoms. The molecule has 2 atom stereocenters. The molecular weight excluding hydrogens is 282 g/mol. The van der Waals surface area contributed by atoms with Crippen LogP contribution in [0.3, 0.4) is 0 Å². The van der Waals surface area contributed by atoms with Crippen molar-refractivity contribution in [3.8, 4) is 0 Å². The molecule has 0 aliphatic carbocycles. The van der Waals surface area contributed by atoms with E-state index in [1.165, 1.54) is 0 Å². The van der Waals surface area contributed by atoms with E-state index in [-0.39, 0.29) is 23.6 Å². The molecule has 1 saturated heterocycles. The number of aliphatic hydroxyl groups excluding tert-OH is 1. The van der Waals surface area contributed by atoms with Crippen LogP contribution in [0.2, 0.25) is 18.1 Å². The number of nitrogens with zero attached hydrogens (tertiary/aromatic N) is 1. The highest BCUT2D eigenvalue weighted by Crippen LogP contribution is 2.38. The zero-order valence-corrected chi connectivity index (χ0v) is 15.2. The van der Waals surface area contributed by atoms with Crippen LogP contribution < -0.4 is 0 Å². The summed E-state index contributed by atoms with van der Waals surface area (Å²) in [7, 11) is -2.01. The third-order valence-corrected chi connectivity index (χ3v) is 9.26. The fourth-order valence-corrected chi connectivity index (χ4v) is 3.65. The third kappa shape index (κ3) is 4.41. The fraction of sp³-hybridized carbons (Fsp3) is 0.812. The Kier molecular flexibility index (Phi) is 6.19. The van der Waals surface area contributed by atoms with Crippen LogP contribution in [0.15, 0.2) is 12.7 Å². The van der Waals surface area contributed by atoms with Crippen molar-refractivity contribution in [1.29, 1.82) is 0 Å². The largest absolute Gasteiger partial charge is 0.405 e. The van der Waals surface area contributed by atoms with Gasteiger partial charge in [-0.2, -0.15) is 0 Å². The van der Waals surface area contributed by atoms with Crippen LogP contribution in [0, 0.1) is 0 Å². The van der Waals surface area contributed by atoms with Gasteiger partial charge in [0.05, 0.1) is 12.6 Å². The summed E-state index contributed by atoms with van der Waals surface area (Å²) in [5.41, 5.74) is 0. The number of carbonyl (C=O) groups is 1. The first kappa shape index (κ1) is 18.4. The molecule has 1 heterocycles. The maximum atomic E-state index is 12.8. The van der Waals surface area contributed by atoms with Gasteiger partial charge >= 0.3 is 0 Å². The molecule has 0 aromatic carbocycles. The number of rotatable bonds is 6. The first-order chi connectivity index (χ1) is 9.64. The minimum absolute atomic E-state index is 0.0104. The van der Waals surface area contributed by atoms with Crippen LogP contribution >= 0.6 is 0 Å². The molecule has 0 radical (unpaired) electrons. The summed E-state index contributed by atoms with van der Waals surface area (Å²) in [6, 6.07) is -0.0483. The van der Waals surface area contributed by atoms with Crippen molar-refractivity contribution in [3.05, 3.63) is 12.7 Å². The third-order valence-electron chi connectivity index (χ3n) is 4.77. The van der Waals surface area contributed by atoms with Crippen molar-refractivity contribution < 1.29 is 14.3 Å². The van der Waals surface area contributed by atoms with Gasteiger partial charge in [-0.05, 0) is 37.4 Å². The standard InChI is InChI=1S/C16H31NO3Si/c1-7-9-14(20-21(5,6)16(2,3)4)15(19)17-11-8-10-13(17)12-18/h7,13-14,18H,1,8-12H2,2-6H3/t13-,14-/m0/s1. The van der Waals surface area contributed by atoms with E-state index in [0.29, 0.717) is 6.42 Å². The van der Waals surface area contributed by atoms with Crippen LogP contribution in [0.1, 0.15) is 40.0 Å². The fourth-order valence-electron chi connectivity index (χ4n) is 2.38. The maximum Gasteiger partial charge on any atom is 0.251 e. The van der Waals surface area contributed by atoms with Crippen LogP contribution in [0.4, 0.5) is 0 Å². The van der Waals surface area contributed by atoms with Crippen LogP contribution in [-0.2, 0) is 9.22 Å². The monoisotopic (exact) mass is 313 g/mol. The van der Waals surface area contributed by atoms with Gasteiger partial charge in [-0.3, -0.25) is 4.79 Å². The van der Waals surface area contributed by atoms with E-state index in [1.54, 1.807) is 11.0 Å². The normalized spacial score (nSPS) is 21.4. The highest BCUT2D eigenvalue weighted by atomic mass is 28.4. The van der Waals surface area contributed by atoms with Gasteiger partial charge in [0, 0.05) is 6.54 Å². The Morgan fingerprint density at radius 2 is 2.14 bits per heavy atom. The molecule has 4 nitrogen and oxygen atoms in total. The minimum Gasteiger partial charge on any atom is -0.405 e. The number of amides is 1. The zero-order valence-electron chi connectivity index (χ0n) is 14.2. The number of aliphatic hydroxyl groups is 1. The summed E-state index contributed by atoms with van der Waals surface area (Å²) >= 11 is 0. The molecule has 21 heavy (non-hydrogen) atoms. The van der Waals surface area contributed by atoms with Gasteiger partial charge in [-0.15, -0.1) is 6.58 Å². The lowest BCUT2D eigenvalue weighted by Crippen LogP contribution is -2.51. The van der Waals surface area contributed by atoms with E-state index in [1.807, 2.05) is 0 Å². The molecule has 1 aliphatic heterocycles. The van der Waals surface area contributed by atoms with Crippen molar-refractivity contribution in [2.75, 3.05) is 13.2 Å². The summed E-state index contributed by atoms with van der Waals surface area (Å²) in [5, 5.41) is 9.48. The first-order valence-electron chi connectivity index (χ1n) is 7.84. The Hall–Kier alpha value is -0.653. The van der Waals surface area contributed by atoms with Gasteiger partial charge in [-0.25, -0.2) is 0 Å². The SMILES string of the molecule is C=CC[C@H](O[Si](C)(C)C(C)(C)C)C(=O)N1CCC[C@H]1CO. The molecule has 1 fully saturated rings. The van der Waals surface area contributed by atoms with Gasteiger partial charge in [0.2, 0.25) is 0 Å². The Labute approximate surface area is 130 Å². The van der Waals surface area contributed by atoms with E-state index < -0.39 is 14.4 Å². The van der Waals surface area contributed by atoms with Gasteiger partial charge in [-0.1, -0.05) is 26.8 Å². The lowest BCUT2D eigenvalue weighted by Gasteiger charge is -2.40. The number of hydrogen-bond donors (Lipinski definition) is 1. The van der Waals surface area contributed by atoms with E-state index in [4.69, 9.17) is 4.43 Å². The average molecular weight is 314 g/mol. The molecular formula is C16H31NO3Si. The Balaban J connectivity index is 2.86. The summed E-state index contributed by atoms with van der Waals surface area (Å²) in [4.78, 5) is 14.6. The van der Waals surface area contributed by atoms with Crippen molar-refractivity contribution in [2.45, 2.75) is 70.3 Å². The lowest BCUT2D eigenvalue weighted by molar-refractivity contribution is -0.140. The summed E-state index contributed by atoms with van der Waals surface area (Å²) < 4.78 is 6.30. The molecule has 5 heteroatoms. The zero-order chi connectivity index (χ0) is 16.3. The summed E-state index contributed by atoms with van der Waals surface area (Å²) in [6.07, 6.45) is 3.65. The molecule has 0 unspecified atom stereocenters. The van der Waals surface area contributed by atoms with Crippen LogP contribution in [-0.4, -0.2) is 49.5 Å². The van der Waals surface area contributed by atoms with E-state index in [0.717, 1.165) is 19.4 Å². The second-order valence-electron chi connectivity index (χ2n) is 7.40. The quantitative estimate of drug-likeness (QED) is 0.606. The van der Waals surface area contributed by atoms with Crippen molar-refractivity contribution in [3.63, 3.8) is 0 Å². The predicted molar refractivity (Wildman–Crippen MR) is 88.7 cm³/mol. The lowest BCUT2D eigenvalue weighted by atomic mass is 10.2. The number of carbonyl (C=O) groups excluding carboxylic acids is 1. The second kappa shape index (κ2) is 7.07. The Bertz CT molecular complexity index is 376. The smallest absolute Gasteiger partial charge is 0.251 e. The second-order valence-corrected chi connectivity index (χ2v) is 12.2. The Morgan fingerprint density at radius 1 is 1.52 bits per heavy atom. The summed E-state index contributed by atoms with van der Waals surface area (Å²) in [6.45, 7) is 15.3. The predicted octanol–water partition coefficient (Wildman–Crippen LogP) is 2.94. The number of hydrogen-bond acceptors (Lipinski definition) is 3. The number of likely N-dealkylation sites (tertiary alicyclic amines) is 1. The van der Waals surface area contributed by atoms with Crippen LogP contribution in [0.25, 0.3) is 0 Å². The molecule has 0 aromatic heterocycles. The van der Waals surface area contributed by atoms with Gasteiger partial charge in [0.25, 0.3) is 5.91 Å². The average Bonchev–Trinajstić information content (AvgIpc) is 2.84. The van der Waals surface area contributed by atoms with E-state index in [9.17, 15) is 9.90 Å². The molecule has 122 valence electrons. The Morgan fingerprint density at radius 3 is 2.62 bits per heavy atom. The highest BCUT2D eigenvalue weighted by Gasteiger charge is 2.42. The summed E-state index contributed by atoms with van der Waals surface area (Å²) in [5.74, 6) is 0.0104. The molecule has 1 rings (SSSR count). The minimum atomic E-state index is -2.01. The van der Waals surface area contributed by atoms with Crippen molar-refractivity contribution in [2.24, 2.45) is 0 Å². The van der Waals surface area contributed by atoms with Crippen molar-refractivity contribution >= 4 is 14.2 Å². The maximum absolute atomic E-state index is 12.8. The first-order valence-corrected chi connectivity index (χ1v) is 10.7. The van der Waals surface area contributed by atoms with Crippen molar-refractivity contribution in [1.82, 2.24) is 4.90 Å². The molecule has 0 saturated carbocycles. The molecule has 0 spiro atoms. The van der Waals surface area contributed by atoms with E-state index in [2.05, 4.69) is 40.4 Å². The van der Waals surface area contributed by atoms with Gasteiger partial charge in [0.15, 0.2) is 8.32 Å². The molecule has 1 amide bonds.